The fourth-order valence-electron chi connectivity index (χ4n) is 0.0582. The first-order chi connectivity index (χ1) is 3.18. The monoisotopic (exact) mass is 107 g/mol. The number of carbonyl (C=O) groups is 1. The van der Waals surface area contributed by atoms with E-state index in [1.165, 1.54) is 0 Å². The van der Waals surface area contributed by atoms with Gasteiger partial charge >= 0.3 is 5.97 Å². The molecule has 7 heavy (non-hydrogen) atoms. The zero-order valence-corrected chi connectivity index (χ0v) is 3.37. The van der Waals surface area contributed by atoms with Gasteiger partial charge in [0.2, 0.25) is 0 Å². The van der Waals surface area contributed by atoms with Gasteiger partial charge in [0.15, 0.2) is 0 Å². The number of hydrogen-bond acceptors (Lipinski definition) is 4. The van der Waals surface area contributed by atoms with E-state index >= 15 is 0 Å². The molecule has 0 aliphatic carbocycles. The number of nitrogens with two attached hydrogens (primary N) is 1. The molecule has 0 saturated heterocycles. The molecule has 0 aromatic heterocycles. The van der Waals surface area contributed by atoms with Crippen molar-refractivity contribution in [1.29, 1.82) is 0 Å². The molecular weight excluding hydrogens is 102 g/mol. The zero-order valence-electron chi connectivity index (χ0n) is 3.37. The highest BCUT2D eigenvalue weighted by molar-refractivity contribution is 5.70. The van der Waals surface area contributed by atoms with Crippen LogP contribution in [0.15, 0.2) is 0 Å². The first kappa shape index (κ1) is 6.35. The van der Waals surface area contributed by atoms with E-state index in [2.05, 4.69) is 10.7 Å². The van der Waals surface area contributed by atoms with Crippen molar-refractivity contribution in [2.45, 2.75) is 6.29 Å². The summed E-state index contributed by atoms with van der Waals surface area (Å²) in [6.07, 6.45) is -1.90. The number of rotatable bonds is 2. The van der Waals surface area contributed by atoms with E-state index in [0.29, 0.717) is 0 Å². The van der Waals surface area contributed by atoms with Crippen LogP contribution in [0.2, 0.25) is 0 Å². The van der Waals surface area contributed by atoms with Gasteiger partial charge in [0, 0.05) is 0 Å². The Bertz CT molecular complexity index is 72.1. The minimum atomic E-state index is -1.90. The highest BCUT2D eigenvalue weighted by Gasteiger charge is 2.09. The lowest BCUT2D eigenvalue weighted by Gasteiger charge is -1.96. The summed E-state index contributed by atoms with van der Waals surface area (Å²) in [5, 5.41) is 15.7. The number of aliphatic carboxylic acids is 1. The largest absolute Gasteiger partial charge is 0.477 e. The Balaban J connectivity index is 3.34. The number of aliphatic hydroxyl groups excluding tert-OH is 1. The summed E-state index contributed by atoms with van der Waals surface area (Å²) in [5.74, 6) is 2.74. The second-order valence-electron chi connectivity index (χ2n) is 0.827. The fourth-order valence-corrected chi connectivity index (χ4v) is 0.0582. The lowest BCUT2D eigenvalue weighted by Crippen LogP contribution is -2.25. The van der Waals surface area contributed by atoms with Gasteiger partial charge in [-0.2, -0.15) is 0 Å². The molecule has 1 atom stereocenters. The Hall–Kier alpha value is -0.650. The Kier molecular flexibility index (Phi) is 2.28. The van der Waals surface area contributed by atoms with Crippen molar-refractivity contribution < 1.29 is 19.8 Å². The van der Waals surface area contributed by atoms with E-state index in [1.807, 2.05) is 0 Å². The van der Waals surface area contributed by atoms with E-state index in [-0.39, 0.29) is 0 Å². The Morgan fingerprint density at radius 3 is 2.29 bits per heavy atom. The van der Waals surface area contributed by atoms with Gasteiger partial charge in [0.1, 0.15) is 0 Å². The molecule has 42 valence electrons. The van der Waals surface area contributed by atoms with Crippen LogP contribution in [0.5, 0.6) is 0 Å². The molecule has 0 heterocycles. The van der Waals surface area contributed by atoms with Crippen LogP contribution in [0.4, 0.5) is 0 Å². The second-order valence-corrected chi connectivity index (χ2v) is 0.827. The van der Waals surface area contributed by atoms with E-state index in [1.54, 1.807) is 0 Å². The molecule has 0 rings (SSSR count). The van der Waals surface area contributed by atoms with Gasteiger partial charge < -0.3 is 10.2 Å². The van der Waals surface area contributed by atoms with Gasteiger partial charge in [-0.25, -0.2) is 10.7 Å². The van der Waals surface area contributed by atoms with Crippen LogP contribution in [0.25, 0.3) is 0 Å². The van der Waals surface area contributed by atoms with Crippen LogP contribution in [0, 0.1) is 0 Å². The Morgan fingerprint density at radius 2 is 2.29 bits per heavy atom. The molecule has 5 nitrogen and oxygen atoms in total. The van der Waals surface area contributed by atoms with Gasteiger partial charge in [-0.1, -0.05) is 0 Å². The molecular formula is C2H5NO4. The summed E-state index contributed by atoms with van der Waals surface area (Å²) in [4.78, 5) is 12.9. The number of aliphatic hydroxyl groups is 1. The van der Waals surface area contributed by atoms with Gasteiger partial charge in [-0.05, 0) is 0 Å². The van der Waals surface area contributed by atoms with Crippen molar-refractivity contribution in [3.63, 3.8) is 0 Å². The van der Waals surface area contributed by atoms with Crippen molar-refractivity contribution >= 4 is 5.97 Å². The maximum atomic E-state index is 9.48. The quantitative estimate of drug-likeness (QED) is 0.288. The predicted molar refractivity (Wildman–Crippen MR) is 18.9 cm³/mol. The zero-order chi connectivity index (χ0) is 5.86. The summed E-state index contributed by atoms with van der Waals surface area (Å²) in [7, 11) is 0. The molecule has 0 saturated carbocycles. The molecule has 0 radical (unpaired) electrons. The topological polar surface area (TPSA) is 92.8 Å². The molecule has 0 unspecified atom stereocenters. The molecule has 4 N–H and O–H groups in total. The third-order valence-electron chi connectivity index (χ3n) is 0.340. The molecule has 0 aliphatic rings. The molecule has 0 bridgehead atoms. The number of hydrogen-bond donors (Lipinski definition) is 3. The normalized spacial score (nSPS) is 13.4. The summed E-state index contributed by atoms with van der Waals surface area (Å²) in [5.41, 5.74) is 0. The first-order valence-electron chi connectivity index (χ1n) is 1.45. The lowest BCUT2D eigenvalue weighted by molar-refractivity contribution is -0.177. The summed E-state index contributed by atoms with van der Waals surface area (Å²) < 4.78 is 0. The van der Waals surface area contributed by atoms with Crippen LogP contribution >= 0.6 is 0 Å². The Labute approximate surface area is 39.3 Å². The van der Waals surface area contributed by atoms with Crippen LogP contribution in [-0.4, -0.2) is 22.5 Å². The maximum Gasteiger partial charge on any atom is 0.362 e. The molecule has 0 amide bonds. The number of carboxylic acids is 1. The van der Waals surface area contributed by atoms with Gasteiger partial charge in [0.25, 0.3) is 6.29 Å². The van der Waals surface area contributed by atoms with E-state index in [0.717, 1.165) is 0 Å². The third kappa shape index (κ3) is 2.10. The molecule has 0 aliphatic heterocycles. The molecule has 0 fully saturated rings. The Morgan fingerprint density at radius 1 is 1.86 bits per heavy atom. The average Bonchev–Trinajstić information content (AvgIpc) is 1.65. The van der Waals surface area contributed by atoms with E-state index < -0.39 is 12.3 Å². The highest BCUT2D eigenvalue weighted by atomic mass is 16.7. The summed E-state index contributed by atoms with van der Waals surface area (Å²) >= 11 is 0. The van der Waals surface area contributed by atoms with Crippen LogP contribution < -0.4 is 5.90 Å². The van der Waals surface area contributed by atoms with Crippen molar-refractivity contribution in [2.24, 2.45) is 5.90 Å². The van der Waals surface area contributed by atoms with Gasteiger partial charge in [-0.3, -0.25) is 4.84 Å². The first-order valence-corrected chi connectivity index (χ1v) is 1.45. The highest BCUT2D eigenvalue weighted by Crippen LogP contribution is 1.75. The SMILES string of the molecule is NO[C@@H](O)C(=O)O. The minimum absolute atomic E-state index is 1.50. The average molecular weight is 107 g/mol. The molecule has 5 heteroatoms. The number of carboxylic acid groups (broad SMARTS) is 1. The predicted octanol–water partition coefficient (Wildman–Crippen LogP) is -1.72. The van der Waals surface area contributed by atoms with Crippen LogP contribution in [-0.2, 0) is 9.63 Å². The van der Waals surface area contributed by atoms with Crippen molar-refractivity contribution in [3.8, 4) is 0 Å². The summed E-state index contributed by atoms with van der Waals surface area (Å²) in [6.45, 7) is 0. The second kappa shape index (κ2) is 2.51. The van der Waals surface area contributed by atoms with Crippen molar-refractivity contribution in [2.75, 3.05) is 0 Å². The maximum absolute atomic E-state index is 9.48. The summed E-state index contributed by atoms with van der Waals surface area (Å²) in [6, 6.07) is 0. The van der Waals surface area contributed by atoms with Crippen molar-refractivity contribution in [1.82, 2.24) is 0 Å². The molecule has 0 aromatic carbocycles. The van der Waals surface area contributed by atoms with Crippen LogP contribution in [0.1, 0.15) is 0 Å². The van der Waals surface area contributed by atoms with E-state index in [9.17, 15) is 4.79 Å². The van der Waals surface area contributed by atoms with Gasteiger partial charge in [-0.15, -0.1) is 0 Å². The molecule has 0 aromatic rings. The minimum Gasteiger partial charge on any atom is -0.477 e. The smallest absolute Gasteiger partial charge is 0.362 e. The lowest BCUT2D eigenvalue weighted by atomic mass is 10.7. The van der Waals surface area contributed by atoms with E-state index in [4.69, 9.17) is 10.2 Å². The molecule has 0 spiro atoms. The third-order valence-corrected chi connectivity index (χ3v) is 0.340. The van der Waals surface area contributed by atoms with Crippen LogP contribution in [0.3, 0.4) is 0 Å². The van der Waals surface area contributed by atoms with Gasteiger partial charge in [0.05, 0.1) is 0 Å². The van der Waals surface area contributed by atoms with Crippen molar-refractivity contribution in [3.05, 3.63) is 0 Å². The fraction of sp³-hybridized carbons (Fsp3) is 0.500. The standard InChI is InChI=1S/C2H5NO4/c3-7-2(6)1(4)5/h2,6H,3H2,(H,4,5)/t2-/m1/s1.